The number of ether oxygens (including phenoxy) is 3. The molecule has 1 aliphatic rings. The first-order chi connectivity index (χ1) is 14.9. The van der Waals surface area contributed by atoms with Crippen LogP contribution in [0, 0.1) is 11.8 Å². The van der Waals surface area contributed by atoms with Gasteiger partial charge in [0.05, 0.1) is 0 Å². The van der Waals surface area contributed by atoms with E-state index in [-0.39, 0.29) is 18.6 Å². The molecule has 1 N–H and O–H groups in total. The van der Waals surface area contributed by atoms with Gasteiger partial charge in [0.25, 0.3) is 0 Å². The van der Waals surface area contributed by atoms with Crippen molar-refractivity contribution in [3.8, 4) is 5.75 Å². The van der Waals surface area contributed by atoms with E-state index in [2.05, 4.69) is 44.3 Å². The first-order valence-corrected chi connectivity index (χ1v) is 11.8. The second-order valence-corrected chi connectivity index (χ2v) is 10.6. The van der Waals surface area contributed by atoms with Gasteiger partial charge >= 0.3 is 12.1 Å². The van der Waals surface area contributed by atoms with Crippen molar-refractivity contribution in [3.63, 3.8) is 0 Å². The van der Waals surface area contributed by atoms with Crippen molar-refractivity contribution in [2.45, 2.75) is 98.1 Å². The molecule has 0 bridgehead atoms. The Bertz CT molecular complexity index is 777. The summed E-state index contributed by atoms with van der Waals surface area (Å²) in [5.74, 6) is 1.86. The highest BCUT2D eigenvalue weighted by atomic mass is 16.7. The van der Waals surface area contributed by atoms with Crippen molar-refractivity contribution in [2.24, 2.45) is 11.8 Å². The Morgan fingerprint density at radius 3 is 2.22 bits per heavy atom. The average Bonchev–Trinajstić information content (AvgIpc) is 3.50. The zero-order valence-corrected chi connectivity index (χ0v) is 21.0. The number of hydrogen-bond donors (Lipinski definition) is 1. The lowest BCUT2D eigenvalue weighted by molar-refractivity contribution is -0.153. The summed E-state index contributed by atoms with van der Waals surface area (Å²) < 4.78 is 16.8. The number of nitrogens with one attached hydrogen (secondary N) is 1. The number of amides is 1. The molecule has 1 fully saturated rings. The van der Waals surface area contributed by atoms with Crippen LogP contribution in [0.15, 0.2) is 18.2 Å². The van der Waals surface area contributed by atoms with E-state index in [1.54, 1.807) is 20.8 Å². The van der Waals surface area contributed by atoms with Gasteiger partial charge in [0.15, 0.2) is 0 Å². The smallest absolute Gasteiger partial charge is 0.408 e. The van der Waals surface area contributed by atoms with Crippen molar-refractivity contribution < 1.29 is 23.8 Å². The van der Waals surface area contributed by atoms with Crippen molar-refractivity contribution in [1.29, 1.82) is 0 Å². The van der Waals surface area contributed by atoms with E-state index in [0.717, 1.165) is 11.3 Å². The summed E-state index contributed by atoms with van der Waals surface area (Å²) in [6.45, 7) is 15.6. The fourth-order valence-corrected chi connectivity index (χ4v) is 3.79. The second kappa shape index (κ2) is 11.1. The molecule has 2 rings (SSSR count). The summed E-state index contributed by atoms with van der Waals surface area (Å²) in [6.07, 6.45) is 2.31. The highest BCUT2D eigenvalue weighted by Gasteiger charge is 2.32. The normalized spacial score (nSPS) is 15.9. The van der Waals surface area contributed by atoms with Gasteiger partial charge in [0.1, 0.15) is 17.4 Å². The molecule has 0 saturated heterocycles. The Hall–Kier alpha value is -2.24. The van der Waals surface area contributed by atoms with E-state index in [0.29, 0.717) is 18.3 Å². The summed E-state index contributed by atoms with van der Waals surface area (Å²) in [5.41, 5.74) is 1.63. The molecular weight excluding hydrogens is 406 g/mol. The van der Waals surface area contributed by atoms with Crippen molar-refractivity contribution in [1.82, 2.24) is 5.32 Å². The van der Waals surface area contributed by atoms with Crippen LogP contribution in [0.4, 0.5) is 4.79 Å². The Morgan fingerprint density at radius 2 is 1.69 bits per heavy atom. The van der Waals surface area contributed by atoms with Gasteiger partial charge in [0, 0.05) is 0 Å². The van der Waals surface area contributed by atoms with E-state index in [9.17, 15) is 9.59 Å². The Kier molecular flexibility index (Phi) is 8.99. The predicted molar refractivity (Wildman–Crippen MR) is 126 cm³/mol. The molecule has 1 aromatic carbocycles. The number of carbonyl (C=O) groups is 2. The maximum absolute atomic E-state index is 12.8. The lowest BCUT2D eigenvalue weighted by Gasteiger charge is -2.24. The first-order valence-electron chi connectivity index (χ1n) is 11.8. The van der Waals surface area contributed by atoms with E-state index in [1.165, 1.54) is 18.4 Å². The SMILES string of the molecule is CC(C)C[C@H](NC(=O)OC(C)(C)C)C(=O)OCOc1c(C(C)C)cccc1[C@H](C)C1CC1. The quantitative estimate of drug-likeness (QED) is 0.344. The molecule has 180 valence electrons. The molecule has 0 radical (unpaired) electrons. The summed E-state index contributed by atoms with van der Waals surface area (Å²) >= 11 is 0. The van der Waals surface area contributed by atoms with Gasteiger partial charge in [0.2, 0.25) is 6.79 Å². The molecule has 0 aliphatic heterocycles. The third-order valence-corrected chi connectivity index (χ3v) is 5.60. The molecule has 32 heavy (non-hydrogen) atoms. The lowest BCUT2D eigenvalue weighted by Crippen LogP contribution is -2.45. The molecule has 0 spiro atoms. The minimum atomic E-state index is -0.793. The van der Waals surface area contributed by atoms with Crippen LogP contribution < -0.4 is 10.1 Å². The monoisotopic (exact) mass is 447 g/mol. The third kappa shape index (κ3) is 8.03. The number of benzene rings is 1. The summed E-state index contributed by atoms with van der Waals surface area (Å²) in [6, 6.07) is 5.46. The highest BCUT2D eigenvalue weighted by molar-refractivity contribution is 5.81. The predicted octanol–water partition coefficient (Wildman–Crippen LogP) is 6.14. The second-order valence-electron chi connectivity index (χ2n) is 10.6. The molecule has 1 aliphatic carbocycles. The highest BCUT2D eigenvalue weighted by Crippen LogP contribution is 2.46. The standard InChI is InChI=1S/C26H41NO5/c1-16(2)14-22(27-25(29)32-26(6,7)8)24(28)31-15-30-23-20(17(3)4)10-9-11-21(23)18(5)19-12-13-19/h9-11,16-19,22H,12-15H2,1-8H3,(H,27,29)/t18-,22+/m1/s1. The van der Waals surface area contributed by atoms with E-state index in [4.69, 9.17) is 14.2 Å². The lowest BCUT2D eigenvalue weighted by atomic mass is 9.90. The molecule has 1 amide bonds. The third-order valence-electron chi connectivity index (χ3n) is 5.60. The van der Waals surface area contributed by atoms with Crippen LogP contribution in [0.5, 0.6) is 5.75 Å². The van der Waals surface area contributed by atoms with E-state index in [1.807, 2.05) is 13.8 Å². The first kappa shape index (κ1) is 26.0. The van der Waals surface area contributed by atoms with Crippen LogP contribution in [0.25, 0.3) is 0 Å². The van der Waals surface area contributed by atoms with Crippen LogP contribution >= 0.6 is 0 Å². The number of alkyl carbamates (subject to hydrolysis) is 1. The number of rotatable bonds is 10. The fraction of sp³-hybridized carbons (Fsp3) is 0.692. The van der Waals surface area contributed by atoms with E-state index >= 15 is 0 Å². The maximum atomic E-state index is 12.8. The average molecular weight is 448 g/mol. The molecule has 1 saturated carbocycles. The number of hydrogen-bond acceptors (Lipinski definition) is 5. The molecule has 1 aromatic rings. The summed E-state index contributed by atoms with van der Waals surface area (Å²) in [5, 5.41) is 2.64. The van der Waals surface area contributed by atoms with Crippen molar-refractivity contribution in [2.75, 3.05) is 6.79 Å². The molecule has 0 heterocycles. The molecule has 2 atom stereocenters. The largest absolute Gasteiger partial charge is 0.457 e. The topological polar surface area (TPSA) is 73.9 Å². The molecular formula is C26H41NO5. The van der Waals surface area contributed by atoms with Gasteiger partial charge in [-0.1, -0.05) is 52.8 Å². The molecule has 6 heteroatoms. The van der Waals surface area contributed by atoms with Crippen molar-refractivity contribution in [3.05, 3.63) is 29.3 Å². The maximum Gasteiger partial charge on any atom is 0.408 e. The Labute approximate surface area is 193 Å². The Morgan fingerprint density at radius 1 is 1.06 bits per heavy atom. The molecule has 0 aromatic heterocycles. The van der Waals surface area contributed by atoms with Crippen LogP contribution in [-0.2, 0) is 14.3 Å². The van der Waals surface area contributed by atoms with Gasteiger partial charge in [-0.3, -0.25) is 0 Å². The number of carbonyl (C=O) groups excluding carboxylic acids is 2. The number of esters is 1. The van der Waals surface area contributed by atoms with Crippen LogP contribution in [-0.4, -0.2) is 30.5 Å². The van der Waals surface area contributed by atoms with Gasteiger partial charge in [-0.05, 0) is 74.8 Å². The van der Waals surface area contributed by atoms with Gasteiger partial charge in [-0.25, -0.2) is 9.59 Å². The minimum absolute atomic E-state index is 0.191. The zero-order chi connectivity index (χ0) is 24.1. The summed E-state index contributed by atoms with van der Waals surface area (Å²) in [7, 11) is 0. The van der Waals surface area contributed by atoms with Gasteiger partial charge < -0.3 is 19.5 Å². The van der Waals surface area contributed by atoms with Crippen LogP contribution in [0.2, 0.25) is 0 Å². The molecule has 0 unspecified atom stereocenters. The summed E-state index contributed by atoms with van der Waals surface area (Å²) in [4.78, 5) is 24.9. The van der Waals surface area contributed by atoms with Crippen LogP contribution in [0.1, 0.15) is 97.6 Å². The molecule has 6 nitrogen and oxygen atoms in total. The fourth-order valence-electron chi connectivity index (χ4n) is 3.79. The van der Waals surface area contributed by atoms with Crippen LogP contribution in [0.3, 0.4) is 0 Å². The Balaban J connectivity index is 2.06. The minimum Gasteiger partial charge on any atom is -0.457 e. The van der Waals surface area contributed by atoms with Crippen molar-refractivity contribution >= 4 is 12.1 Å². The van der Waals surface area contributed by atoms with Gasteiger partial charge in [-0.15, -0.1) is 0 Å². The van der Waals surface area contributed by atoms with E-state index < -0.39 is 23.7 Å². The van der Waals surface area contributed by atoms with Gasteiger partial charge in [-0.2, -0.15) is 0 Å². The zero-order valence-electron chi connectivity index (χ0n) is 21.0. The number of para-hydroxylation sites is 1.